The maximum atomic E-state index is 4.25. The highest BCUT2D eigenvalue weighted by molar-refractivity contribution is 5.16. The Bertz CT molecular complexity index is 258. The molecule has 3 heteroatoms. The van der Waals surface area contributed by atoms with Crippen LogP contribution in [0.25, 0.3) is 0 Å². The van der Waals surface area contributed by atoms with Crippen molar-refractivity contribution >= 4 is 0 Å². The molecule has 0 fully saturated rings. The Kier molecular flexibility index (Phi) is 2.76. The monoisotopic (exact) mass is 165 g/mol. The zero-order valence-corrected chi connectivity index (χ0v) is 8.07. The molecule has 1 unspecified atom stereocenters. The zero-order valence-electron chi connectivity index (χ0n) is 8.07. The first-order chi connectivity index (χ1) is 5.63. The van der Waals surface area contributed by atoms with E-state index in [9.17, 15) is 0 Å². The molecule has 1 rings (SSSR count). The van der Waals surface area contributed by atoms with Gasteiger partial charge >= 0.3 is 0 Å². The first kappa shape index (κ1) is 9.13. The Hall–Kier alpha value is -0.960. The molecule has 0 aliphatic heterocycles. The summed E-state index contributed by atoms with van der Waals surface area (Å²) < 4.78 is 0. The maximum Gasteiger partial charge on any atom is 0.115 e. The molecule has 1 atom stereocenters. The summed E-state index contributed by atoms with van der Waals surface area (Å²) in [5.74, 6) is 0. The van der Waals surface area contributed by atoms with Gasteiger partial charge in [-0.1, -0.05) is 0 Å². The maximum absolute atomic E-state index is 4.25. The van der Waals surface area contributed by atoms with E-state index in [4.69, 9.17) is 0 Å². The van der Waals surface area contributed by atoms with E-state index in [-0.39, 0.29) is 0 Å². The van der Waals surface area contributed by atoms with Gasteiger partial charge in [0.05, 0.1) is 5.69 Å². The summed E-state index contributed by atoms with van der Waals surface area (Å²) in [6.07, 6.45) is 3.45. The van der Waals surface area contributed by atoms with Crippen LogP contribution in [0.15, 0.2) is 12.5 Å². The fourth-order valence-corrected chi connectivity index (χ4v) is 1.09. The fraction of sp³-hybridized carbons (Fsp3) is 0.556. The van der Waals surface area contributed by atoms with Crippen molar-refractivity contribution in [3.05, 3.63) is 23.8 Å². The van der Waals surface area contributed by atoms with E-state index in [0.717, 1.165) is 11.3 Å². The number of nitrogens with zero attached hydrogens (tertiary/aromatic N) is 3. The van der Waals surface area contributed by atoms with Crippen LogP contribution in [0.1, 0.15) is 24.2 Å². The smallest absolute Gasteiger partial charge is 0.115 e. The molecular weight excluding hydrogens is 150 g/mol. The molecule has 1 aromatic rings. The van der Waals surface area contributed by atoms with Crippen LogP contribution in [0, 0.1) is 6.92 Å². The molecular formula is C9H15N3. The minimum absolute atomic E-state index is 0.355. The van der Waals surface area contributed by atoms with Gasteiger partial charge < -0.3 is 4.90 Å². The molecule has 0 N–H and O–H groups in total. The van der Waals surface area contributed by atoms with Crippen molar-refractivity contribution in [1.29, 1.82) is 0 Å². The van der Waals surface area contributed by atoms with E-state index in [1.807, 2.05) is 27.2 Å². The SMILES string of the molecule is Cc1cncnc1C(C)N(C)C. The third-order valence-electron chi connectivity index (χ3n) is 2.11. The Morgan fingerprint density at radius 1 is 1.42 bits per heavy atom. The summed E-state index contributed by atoms with van der Waals surface area (Å²) in [6, 6.07) is 0.355. The molecule has 3 nitrogen and oxygen atoms in total. The molecule has 0 saturated carbocycles. The minimum atomic E-state index is 0.355. The lowest BCUT2D eigenvalue weighted by atomic mass is 10.1. The predicted molar refractivity (Wildman–Crippen MR) is 48.9 cm³/mol. The van der Waals surface area contributed by atoms with Crippen LogP contribution in [0.3, 0.4) is 0 Å². The van der Waals surface area contributed by atoms with Crippen LogP contribution >= 0.6 is 0 Å². The summed E-state index contributed by atoms with van der Waals surface area (Å²) >= 11 is 0. The predicted octanol–water partition coefficient (Wildman–Crippen LogP) is 1.41. The van der Waals surface area contributed by atoms with Gasteiger partial charge in [0.1, 0.15) is 6.33 Å². The normalized spacial score (nSPS) is 13.4. The van der Waals surface area contributed by atoms with Gasteiger partial charge in [-0.15, -0.1) is 0 Å². The van der Waals surface area contributed by atoms with Crippen LogP contribution in [0.5, 0.6) is 0 Å². The van der Waals surface area contributed by atoms with Crippen molar-refractivity contribution in [3.63, 3.8) is 0 Å². The van der Waals surface area contributed by atoms with Crippen molar-refractivity contribution in [3.8, 4) is 0 Å². The standard InChI is InChI=1S/C9H15N3/c1-7-5-10-6-11-9(7)8(2)12(3)4/h5-6,8H,1-4H3. The molecule has 1 heterocycles. The largest absolute Gasteiger partial charge is 0.301 e. The average Bonchev–Trinajstić information content (AvgIpc) is 2.04. The van der Waals surface area contributed by atoms with Crippen LogP contribution < -0.4 is 0 Å². The van der Waals surface area contributed by atoms with Gasteiger partial charge in [0, 0.05) is 12.2 Å². The topological polar surface area (TPSA) is 29.0 Å². The van der Waals surface area contributed by atoms with E-state index < -0.39 is 0 Å². The first-order valence-corrected chi connectivity index (χ1v) is 4.06. The molecule has 0 bridgehead atoms. The van der Waals surface area contributed by atoms with Crippen LogP contribution in [0.4, 0.5) is 0 Å². The van der Waals surface area contributed by atoms with Crippen molar-refractivity contribution in [2.24, 2.45) is 0 Å². The van der Waals surface area contributed by atoms with E-state index in [0.29, 0.717) is 6.04 Å². The summed E-state index contributed by atoms with van der Waals surface area (Å²) in [7, 11) is 4.10. The van der Waals surface area contributed by atoms with Crippen LogP contribution in [-0.2, 0) is 0 Å². The quantitative estimate of drug-likeness (QED) is 0.663. The van der Waals surface area contributed by atoms with E-state index in [1.54, 1.807) is 6.33 Å². The molecule has 0 aliphatic rings. The molecule has 0 spiro atoms. The van der Waals surface area contributed by atoms with Crippen molar-refractivity contribution in [2.75, 3.05) is 14.1 Å². The first-order valence-electron chi connectivity index (χ1n) is 4.06. The van der Waals surface area contributed by atoms with E-state index >= 15 is 0 Å². The van der Waals surface area contributed by atoms with Gasteiger partial charge in [-0.05, 0) is 33.5 Å². The van der Waals surface area contributed by atoms with Gasteiger partial charge in [0.15, 0.2) is 0 Å². The lowest BCUT2D eigenvalue weighted by Gasteiger charge is -2.20. The summed E-state index contributed by atoms with van der Waals surface area (Å²) in [4.78, 5) is 10.3. The molecule has 1 aromatic heterocycles. The second kappa shape index (κ2) is 3.63. The highest BCUT2D eigenvalue weighted by Gasteiger charge is 2.10. The molecule has 12 heavy (non-hydrogen) atoms. The molecule has 0 aliphatic carbocycles. The molecule has 0 radical (unpaired) electrons. The van der Waals surface area contributed by atoms with Gasteiger partial charge in [-0.3, -0.25) is 0 Å². The third kappa shape index (κ3) is 1.80. The zero-order chi connectivity index (χ0) is 9.14. The van der Waals surface area contributed by atoms with Crippen molar-refractivity contribution in [2.45, 2.75) is 19.9 Å². The second-order valence-corrected chi connectivity index (χ2v) is 3.23. The summed E-state index contributed by atoms with van der Waals surface area (Å²) in [5.41, 5.74) is 2.26. The number of aryl methyl sites for hydroxylation is 1. The number of hydrogen-bond donors (Lipinski definition) is 0. The average molecular weight is 165 g/mol. The Labute approximate surface area is 73.5 Å². The fourth-order valence-electron chi connectivity index (χ4n) is 1.09. The van der Waals surface area contributed by atoms with Gasteiger partial charge in [0.25, 0.3) is 0 Å². The highest BCUT2D eigenvalue weighted by Crippen LogP contribution is 2.16. The van der Waals surface area contributed by atoms with E-state index in [2.05, 4.69) is 21.8 Å². The lowest BCUT2D eigenvalue weighted by Crippen LogP contribution is -2.18. The third-order valence-corrected chi connectivity index (χ3v) is 2.11. The Morgan fingerprint density at radius 3 is 2.58 bits per heavy atom. The molecule has 0 amide bonds. The van der Waals surface area contributed by atoms with E-state index in [1.165, 1.54) is 0 Å². The second-order valence-electron chi connectivity index (χ2n) is 3.23. The number of aromatic nitrogens is 2. The Balaban J connectivity index is 2.94. The van der Waals surface area contributed by atoms with Crippen LogP contribution in [-0.4, -0.2) is 29.0 Å². The lowest BCUT2D eigenvalue weighted by molar-refractivity contribution is 0.313. The number of rotatable bonds is 2. The molecule has 0 saturated heterocycles. The molecule has 66 valence electrons. The minimum Gasteiger partial charge on any atom is -0.301 e. The molecule has 0 aromatic carbocycles. The van der Waals surface area contributed by atoms with Crippen molar-refractivity contribution < 1.29 is 0 Å². The Morgan fingerprint density at radius 2 is 2.08 bits per heavy atom. The van der Waals surface area contributed by atoms with Gasteiger partial charge in [-0.2, -0.15) is 0 Å². The van der Waals surface area contributed by atoms with Crippen molar-refractivity contribution in [1.82, 2.24) is 14.9 Å². The van der Waals surface area contributed by atoms with Gasteiger partial charge in [0.2, 0.25) is 0 Å². The summed E-state index contributed by atoms with van der Waals surface area (Å²) in [6.45, 7) is 4.17. The highest BCUT2D eigenvalue weighted by atomic mass is 15.1. The van der Waals surface area contributed by atoms with Crippen LogP contribution in [0.2, 0.25) is 0 Å². The van der Waals surface area contributed by atoms with Gasteiger partial charge in [-0.25, -0.2) is 9.97 Å². The summed E-state index contributed by atoms with van der Waals surface area (Å²) in [5, 5.41) is 0. The number of hydrogen-bond acceptors (Lipinski definition) is 3.